The minimum absolute atomic E-state index is 0.259. The first-order valence-corrected chi connectivity index (χ1v) is 4.73. The Morgan fingerprint density at radius 2 is 2.36 bits per heavy atom. The number of imidazole rings is 1. The highest BCUT2D eigenvalue weighted by atomic mass is 16.5. The fraction of sp³-hybridized carbons (Fsp3) is 0.600. The fourth-order valence-corrected chi connectivity index (χ4v) is 1.21. The number of carbonyl (C=O) groups is 1. The number of ether oxygens (including phenoxy) is 1. The summed E-state index contributed by atoms with van der Waals surface area (Å²) in [5.74, 6) is 1.08. The summed E-state index contributed by atoms with van der Waals surface area (Å²) in [5, 5.41) is 0. The maximum absolute atomic E-state index is 10.6. The van der Waals surface area contributed by atoms with Gasteiger partial charge in [0, 0.05) is 25.9 Å². The van der Waals surface area contributed by atoms with E-state index in [-0.39, 0.29) is 12.6 Å². The topological polar surface area (TPSA) is 44.1 Å². The summed E-state index contributed by atoms with van der Waals surface area (Å²) in [7, 11) is 0. The van der Waals surface area contributed by atoms with Crippen molar-refractivity contribution in [3.63, 3.8) is 0 Å². The van der Waals surface area contributed by atoms with Crippen LogP contribution in [0.4, 0.5) is 0 Å². The SMILES string of the molecule is CC(=O)OCc1nccn1CC(C)C. The summed E-state index contributed by atoms with van der Waals surface area (Å²) in [6, 6.07) is 0. The molecule has 14 heavy (non-hydrogen) atoms. The van der Waals surface area contributed by atoms with Crippen LogP contribution >= 0.6 is 0 Å². The minimum atomic E-state index is -0.274. The van der Waals surface area contributed by atoms with Crippen molar-refractivity contribution >= 4 is 5.97 Å². The zero-order valence-corrected chi connectivity index (χ0v) is 8.86. The van der Waals surface area contributed by atoms with Gasteiger partial charge in [0.2, 0.25) is 0 Å². The van der Waals surface area contributed by atoms with Gasteiger partial charge in [-0.25, -0.2) is 4.98 Å². The van der Waals surface area contributed by atoms with Gasteiger partial charge >= 0.3 is 5.97 Å². The van der Waals surface area contributed by atoms with Crippen molar-refractivity contribution in [2.24, 2.45) is 5.92 Å². The van der Waals surface area contributed by atoms with E-state index >= 15 is 0 Å². The van der Waals surface area contributed by atoms with E-state index < -0.39 is 0 Å². The number of nitrogens with zero attached hydrogens (tertiary/aromatic N) is 2. The maximum Gasteiger partial charge on any atom is 0.303 e. The van der Waals surface area contributed by atoms with Crippen molar-refractivity contribution in [3.8, 4) is 0 Å². The Balaban J connectivity index is 2.58. The van der Waals surface area contributed by atoms with Crippen LogP contribution in [-0.4, -0.2) is 15.5 Å². The van der Waals surface area contributed by atoms with Gasteiger partial charge in [0.15, 0.2) is 0 Å². The van der Waals surface area contributed by atoms with Crippen molar-refractivity contribution in [2.75, 3.05) is 0 Å². The lowest BCUT2D eigenvalue weighted by molar-refractivity contribution is -0.142. The molecule has 0 saturated heterocycles. The van der Waals surface area contributed by atoms with Crippen LogP contribution in [0.5, 0.6) is 0 Å². The molecule has 0 unspecified atom stereocenters. The second-order valence-electron chi connectivity index (χ2n) is 3.67. The van der Waals surface area contributed by atoms with Crippen LogP contribution in [0.25, 0.3) is 0 Å². The number of hydrogen-bond donors (Lipinski definition) is 0. The van der Waals surface area contributed by atoms with Gasteiger partial charge in [-0.05, 0) is 5.92 Å². The van der Waals surface area contributed by atoms with E-state index in [9.17, 15) is 4.79 Å². The van der Waals surface area contributed by atoms with Gasteiger partial charge in [0.25, 0.3) is 0 Å². The summed E-state index contributed by atoms with van der Waals surface area (Å²) in [6.45, 7) is 6.83. The monoisotopic (exact) mass is 196 g/mol. The van der Waals surface area contributed by atoms with Crippen molar-refractivity contribution in [1.82, 2.24) is 9.55 Å². The van der Waals surface area contributed by atoms with Gasteiger partial charge < -0.3 is 9.30 Å². The highest BCUT2D eigenvalue weighted by Crippen LogP contribution is 2.04. The average molecular weight is 196 g/mol. The van der Waals surface area contributed by atoms with Crippen LogP contribution in [0.3, 0.4) is 0 Å². The normalized spacial score (nSPS) is 10.6. The molecular formula is C10H16N2O2. The predicted molar refractivity (Wildman–Crippen MR) is 52.5 cm³/mol. The summed E-state index contributed by atoms with van der Waals surface area (Å²) in [4.78, 5) is 14.7. The highest BCUT2D eigenvalue weighted by molar-refractivity contribution is 5.65. The molecule has 0 bridgehead atoms. The Bertz CT molecular complexity index is 305. The smallest absolute Gasteiger partial charge is 0.303 e. The number of rotatable bonds is 4. The van der Waals surface area contributed by atoms with Crippen LogP contribution in [-0.2, 0) is 22.7 Å². The molecule has 0 fully saturated rings. The van der Waals surface area contributed by atoms with E-state index in [2.05, 4.69) is 18.8 Å². The first-order valence-electron chi connectivity index (χ1n) is 4.73. The third kappa shape index (κ3) is 3.20. The molecule has 1 rings (SSSR count). The van der Waals surface area contributed by atoms with Crippen molar-refractivity contribution < 1.29 is 9.53 Å². The summed E-state index contributed by atoms with van der Waals surface area (Å²) in [5.41, 5.74) is 0. The third-order valence-electron chi connectivity index (χ3n) is 1.77. The molecule has 0 aliphatic carbocycles. The van der Waals surface area contributed by atoms with Gasteiger partial charge in [-0.2, -0.15) is 0 Å². The highest BCUT2D eigenvalue weighted by Gasteiger charge is 2.05. The molecule has 1 heterocycles. The van der Waals surface area contributed by atoms with Gasteiger partial charge in [-0.1, -0.05) is 13.8 Å². The Hall–Kier alpha value is -1.32. The van der Waals surface area contributed by atoms with Gasteiger partial charge in [-0.3, -0.25) is 4.79 Å². The van der Waals surface area contributed by atoms with Crippen LogP contribution in [0.1, 0.15) is 26.6 Å². The van der Waals surface area contributed by atoms with E-state index in [1.807, 2.05) is 10.8 Å². The molecule has 1 aromatic rings. The van der Waals surface area contributed by atoms with E-state index in [4.69, 9.17) is 4.74 Å². The molecule has 0 aliphatic heterocycles. The lowest BCUT2D eigenvalue weighted by Gasteiger charge is -2.09. The molecule has 0 saturated carbocycles. The number of aromatic nitrogens is 2. The number of esters is 1. The van der Waals surface area contributed by atoms with Crippen LogP contribution in [0, 0.1) is 5.92 Å². The predicted octanol–water partition coefficient (Wildman–Crippen LogP) is 1.60. The molecule has 0 radical (unpaired) electrons. The van der Waals surface area contributed by atoms with Crippen molar-refractivity contribution in [1.29, 1.82) is 0 Å². The molecule has 78 valence electrons. The molecule has 0 aliphatic rings. The van der Waals surface area contributed by atoms with E-state index in [0.29, 0.717) is 5.92 Å². The minimum Gasteiger partial charge on any atom is -0.458 e. The van der Waals surface area contributed by atoms with Crippen LogP contribution < -0.4 is 0 Å². The van der Waals surface area contributed by atoms with Crippen LogP contribution in [0.15, 0.2) is 12.4 Å². The largest absolute Gasteiger partial charge is 0.458 e. The zero-order valence-electron chi connectivity index (χ0n) is 8.86. The second-order valence-corrected chi connectivity index (χ2v) is 3.67. The number of carbonyl (C=O) groups excluding carboxylic acids is 1. The molecule has 4 heteroatoms. The van der Waals surface area contributed by atoms with Crippen molar-refractivity contribution in [3.05, 3.63) is 18.2 Å². The van der Waals surface area contributed by atoms with E-state index in [1.54, 1.807) is 6.20 Å². The van der Waals surface area contributed by atoms with Gasteiger partial charge in [0.05, 0.1) is 0 Å². The Kier molecular flexibility index (Phi) is 3.68. The molecule has 0 aromatic carbocycles. The Morgan fingerprint density at radius 1 is 1.64 bits per heavy atom. The lowest BCUT2D eigenvalue weighted by atomic mass is 10.2. The van der Waals surface area contributed by atoms with Gasteiger partial charge in [0.1, 0.15) is 12.4 Å². The summed E-state index contributed by atoms with van der Waals surface area (Å²) < 4.78 is 6.89. The Labute approximate surface area is 83.9 Å². The quantitative estimate of drug-likeness (QED) is 0.687. The molecule has 0 amide bonds. The van der Waals surface area contributed by atoms with Crippen LogP contribution in [0.2, 0.25) is 0 Å². The number of hydrogen-bond acceptors (Lipinski definition) is 3. The third-order valence-corrected chi connectivity index (χ3v) is 1.77. The Morgan fingerprint density at radius 3 is 2.93 bits per heavy atom. The lowest BCUT2D eigenvalue weighted by Crippen LogP contribution is -2.10. The summed E-state index contributed by atoms with van der Waals surface area (Å²) >= 11 is 0. The molecule has 4 nitrogen and oxygen atoms in total. The molecule has 0 N–H and O–H groups in total. The maximum atomic E-state index is 10.6. The fourth-order valence-electron chi connectivity index (χ4n) is 1.21. The average Bonchev–Trinajstić information content (AvgIpc) is 2.47. The van der Waals surface area contributed by atoms with Gasteiger partial charge in [-0.15, -0.1) is 0 Å². The second kappa shape index (κ2) is 4.79. The summed E-state index contributed by atoms with van der Waals surface area (Å²) in [6.07, 6.45) is 3.63. The molecular weight excluding hydrogens is 180 g/mol. The van der Waals surface area contributed by atoms with E-state index in [1.165, 1.54) is 6.92 Å². The molecule has 1 aromatic heterocycles. The zero-order chi connectivity index (χ0) is 10.6. The standard InChI is InChI=1S/C10H16N2O2/c1-8(2)6-12-5-4-11-10(12)7-14-9(3)13/h4-5,8H,6-7H2,1-3H3. The van der Waals surface area contributed by atoms with Crippen molar-refractivity contribution in [2.45, 2.75) is 33.9 Å². The molecule has 0 spiro atoms. The first-order chi connectivity index (χ1) is 6.59. The molecule has 0 atom stereocenters. The first kappa shape index (κ1) is 10.8. The van der Waals surface area contributed by atoms with E-state index in [0.717, 1.165) is 12.4 Å².